The van der Waals surface area contributed by atoms with E-state index in [9.17, 15) is 30.6 Å². The van der Waals surface area contributed by atoms with E-state index < -0.39 is 61.3 Å². The summed E-state index contributed by atoms with van der Waals surface area (Å²) in [5.74, 6) is 0. The van der Waals surface area contributed by atoms with E-state index in [-0.39, 0.29) is 6.61 Å². The number of nitrogens with one attached hydrogen (secondary N) is 1. The van der Waals surface area contributed by atoms with Crippen LogP contribution in [0.15, 0.2) is 12.2 Å². The molecule has 0 aliphatic carbocycles. The zero-order valence-electron chi connectivity index (χ0n) is 37.4. The van der Waals surface area contributed by atoms with Crippen molar-refractivity contribution in [1.82, 2.24) is 5.32 Å². The number of hydrogen-bond acceptors (Lipinski definition) is 10. The van der Waals surface area contributed by atoms with E-state index in [2.05, 4.69) is 31.3 Å². The lowest BCUT2D eigenvalue weighted by Gasteiger charge is -2.40. The van der Waals surface area contributed by atoms with Gasteiger partial charge in [-0.25, -0.2) is 0 Å². The van der Waals surface area contributed by atoms with Crippen LogP contribution in [0.4, 0.5) is 0 Å². The molecule has 2 rings (SSSR count). The van der Waals surface area contributed by atoms with Gasteiger partial charge in [0.25, 0.3) is 0 Å². The zero-order valence-corrected chi connectivity index (χ0v) is 37.4. The Hall–Kier alpha value is -0.660. The molecule has 344 valence electrons. The molecule has 0 radical (unpaired) electrons. The molecule has 9 atom stereocenters. The van der Waals surface area contributed by atoms with Gasteiger partial charge in [0.1, 0.15) is 30.1 Å². The molecule has 58 heavy (non-hydrogen) atoms. The van der Waals surface area contributed by atoms with Gasteiger partial charge in [0.05, 0.1) is 38.1 Å². The van der Waals surface area contributed by atoms with Crippen LogP contribution in [0.3, 0.4) is 0 Å². The van der Waals surface area contributed by atoms with Gasteiger partial charge < -0.3 is 44.8 Å². The fourth-order valence-electron chi connectivity index (χ4n) is 8.35. The van der Waals surface area contributed by atoms with E-state index in [0.717, 1.165) is 38.5 Å². The lowest BCUT2D eigenvalue weighted by molar-refractivity contribution is -0.303. The van der Waals surface area contributed by atoms with Gasteiger partial charge in [0.15, 0.2) is 6.29 Å². The summed E-state index contributed by atoms with van der Waals surface area (Å²) in [5.41, 5.74) is -0.610. The predicted octanol–water partition coefficient (Wildman–Crippen LogP) is 9.29. The SMILES string of the molecule is CCCCCCCCCCC/C=C/CCCCCCCCCC1(N[C@@H](CO[C@H]2OC(CO)[C@H](O)C(O)C2O)[C@H](O)[C@H](O)CCCCCCCCCCCCCC)CO1. The lowest BCUT2D eigenvalue weighted by Crippen LogP contribution is -2.60. The van der Waals surface area contributed by atoms with Gasteiger partial charge >= 0.3 is 0 Å². The van der Waals surface area contributed by atoms with Crippen LogP contribution in [-0.4, -0.2) is 105 Å². The summed E-state index contributed by atoms with van der Waals surface area (Å²) in [5, 5.41) is 66.5. The normalized spacial score (nSPS) is 25.1. The molecule has 0 aromatic carbocycles. The molecule has 2 aliphatic rings. The molecule has 0 bridgehead atoms. The average Bonchev–Trinajstić information content (AvgIpc) is 4.00. The number of rotatable bonds is 41. The second kappa shape index (κ2) is 34.9. The van der Waals surface area contributed by atoms with E-state index in [1.807, 2.05) is 0 Å². The highest BCUT2D eigenvalue weighted by atomic mass is 16.7. The summed E-state index contributed by atoms with van der Waals surface area (Å²) in [6, 6.07) is -0.735. The maximum absolute atomic E-state index is 11.4. The van der Waals surface area contributed by atoms with Crippen LogP contribution in [0.1, 0.15) is 219 Å². The quantitative estimate of drug-likeness (QED) is 0.0180. The maximum atomic E-state index is 11.4. The van der Waals surface area contributed by atoms with Crippen molar-refractivity contribution in [3.05, 3.63) is 12.2 Å². The number of ether oxygens (including phenoxy) is 3. The molecule has 0 aromatic rings. The fourth-order valence-corrected chi connectivity index (χ4v) is 8.35. The summed E-state index contributed by atoms with van der Waals surface area (Å²) >= 11 is 0. The smallest absolute Gasteiger partial charge is 0.186 e. The molecule has 2 aliphatic heterocycles. The van der Waals surface area contributed by atoms with Gasteiger partial charge in [-0.3, -0.25) is 5.32 Å². The van der Waals surface area contributed by atoms with Gasteiger partial charge in [-0.05, 0) is 44.9 Å². The number of aliphatic hydroxyl groups excluding tert-OH is 6. The number of hydrogen-bond donors (Lipinski definition) is 7. The van der Waals surface area contributed by atoms with Crippen molar-refractivity contribution in [3.63, 3.8) is 0 Å². The first kappa shape index (κ1) is 53.5. The van der Waals surface area contributed by atoms with Crippen LogP contribution in [-0.2, 0) is 14.2 Å². The number of aliphatic hydroxyl groups is 6. The van der Waals surface area contributed by atoms with Gasteiger partial charge in [-0.2, -0.15) is 0 Å². The van der Waals surface area contributed by atoms with Gasteiger partial charge in [-0.15, -0.1) is 0 Å². The minimum Gasteiger partial charge on any atom is -0.394 e. The summed E-state index contributed by atoms with van der Waals surface area (Å²) in [6.45, 7) is 4.33. The maximum Gasteiger partial charge on any atom is 0.186 e. The summed E-state index contributed by atoms with van der Waals surface area (Å²) in [6.07, 6.45) is 34.6. The molecule has 10 nitrogen and oxygen atoms in total. The molecule has 2 saturated heterocycles. The van der Waals surface area contributed by atoms with E-state index in [1.54, 1.807) is 0 Å². The van der Waals surface area contributed by atoms with Crippen molar-refractivity contribution in [2.45, 2.75) is 274 Å². The first-order chi connectivity index (χ1) is 28.3. The van der Waals surface area contributed by atoms with Crippen LogP contribution >= 0.6 is 0 Å². The fraction of sp³-hybridized carbons (Fsp3) is 0.958. The van der Waals surface area contributed by atoms with Crippen molar-refractivity contribution >= 4 is 0 Å². The number of epoxide rings is 1. The van der Waals surface area contributed by atoms with Crippen molar-refractivity contribution in [2.75, 3.05) is 19.8 Å². The Morgan fingerprint density at radius 2 is 1.03 bits per heavy atom. The van der Waals surface area contributed by atoms with Crippen molar-refractivity contribution in [2.24, 2.45) is 0 Å². The van der Waals surface area contributed by atoms with Crippen LogP contribution in [0, 0.1) is 0 Å². The molecule has 10 heteroatoms. The second-order valence-electron chi connectivity index (χ2n) is 17.9. The zero-order chi connectivity index (χ0) is 42.1. The highest BCUT2D eigenvalue weighted by Crippen LogP contribution is 2.32. The van der Waals surface area contributed by atoms with Gasteiger partial charge in [-0.1, -0.05) is 187 Å². The molecule has 0 aromatic heterocycles. The third kappa shape index (κ3) is 24.7. The van der Waals surface area contributed by atoms with Crippen LogP contribution in [0.25, 0.3) is 0 Å². The van der Waals surface area contributed by atoms with Gasteiger partial charge in [0.2, 0.25) is 0 Å². The summed E-state index contributed by atoms with van der Waals surface area (Å²) < 4.78 is 17.3. The molecular formula is C48H93NO9. The minimum absolute atomic E-state index is 0.140. The number of unbranched alkanes of at least 4 members (excludes halogenated alkanes) is 27. The molecule has 2 heterocycles. The highest BCUT2D eigenvalue weighted by Gasteiger charge is 2.48. The standard InChI is InChI=1S/C48H93NO9/c1-3-5-7-9-11-13-15-17-18-19-20-21-22-23-24-26-28-30-32-34-36-48(39-57-48)49-40(38-56-47-46(55)45(54)44(53)42(37-50)58-47)43(52)41(51)35-33-31-29-27-25-16-14-12-10-8-6-4-2/h20-21,40-47,49-55H,3-19,22-39H2,1-2H3/b21-20+/t40-,41+,42?,43-,44-,45?,46?,47-,48?/m0/s1. The van der Waals surface area contributed by atoms with Crippen molar-refractivity contribution < 1.29 is 44.8 Å². The first-order valence-electron chi connectivity index (χ1n) is 24.6. The van der Waals surface area contributed by atoms with E-state index in [0.29, 0.717) is 13.0 Å². The summed E-state index contributed by atoms with van der Waals surface area (Å²) in [4.78, 5) is 0. The Labute approximate surface area is 355 Å². The third-order valence-corrected chi connectivity index (χ3v) is 12.5. The lowest BCUT2D eigenvalue weighted by atomic mass is 9.97. The molecule has 7 N–H and O–H groups in total. The number of allylic oxidation sites excluding steroid dienone is 2. The Balaban J connectivity index is 1.67. The van der Waals surface area contributed by atoms with Crippen LogP contribution in [0.2, 0.25) is 0 Å². The summed E-state index contributed by atoms with van der Waals surface area (Å²) in [7, 11) is 0. The van der Waals surface area contributed by atoms with Crippen LogP contribution < -0.4 is 5.32 Å². The average molecular weight is 828 g/mol. The molecule has 0 amide bonds. The topological polar surface area (TPSA) is 164 Å². The van der Waals surface area contributed by atoms with Gasteiger partial charge in [0, 0.05) is 0 Å². The Bertz CT molecular complexity index is 950. The molecule has 4 unspecified atom stereocenters. The Kier molecular flexibility index (Phi) is 32.2. The second-order valence-corrected chi connectivity index (χ2v) is 17.9. The van der Waals surface area contributed by atoms with Crippen LogP contribution in [0.5, 0.6) is 0 Å². The molecule has 2 fully saturated rings. The Morgan fingerprint density at radius 3 is 1.48 bits per heavy atom. The van der Waals surface area contributed by atoms with E-state index >= 15 is 0 Å². The van der Waals surface area contributed by atoms with E-state index in [1.165, 1.54) is 161 Å². The monoisotopic (exact) mass is 828 g/mol. The minimum atomic E-state index is -1.56. The molecular weight excluding hydrogens is 735 g/mol. The first-order valence-corrected chi connectivity index (χ1v) is 24.6. The third-order valence-electron chi connectivity index (χ3n) is 12.5. The van der Waals surface area contributed by atoms with Crippen molar-refractivity contribution in [1.29, 1.82) is 0 Å². The highest BCUT2D eigenvalue weighted by molar-refractivity contribution is 4.96. The predicted molar refractivity (Wildman–Crippen MR) is 236 cm³/mol. The molecule has 0 saturated carbocycles. The largest absolute Gasteiger partial charge is 0.394 e. The van der Waals surface area contributed by atoms with Crippen molar-refractivity contribution in [3.8, 4) is 0 Å². The molecule has 0 spiro atoms. The van der Waals surface area contributed by atoms with E-state index in [4.69, 9.17) is 14.2 Å². The Morgan fingerprint density at radius 1 is 0.603 bits per heavy atom.